The molecular weight excluding hydrogens is 628 g/mol. The second-order valence-corrected chi connectivity index (χ2v) is 11.9. The molecule has 0 spiro atoms. The summed E-state index contributed by atoms with van der Waals surface area (Å²) in [6, 6.07) is 18.7. The normalized spacial score (nSPS) is 14.7. The van der Waals surface area contributed by atoms with Crippen LogP contribution in [0.5, 0.6) is 5.75 Å². The Morgan fingerprint density at radius 2 is 1.91 bits per heavy atom. The van der Waals surface area contributed by atoms with Gasteiger partial charge in [-0.2, -0.15) is 0 Å². The monoisotopic (exact) mass is 656 g/mol. The largest absolute Gasteiger partial charge is 0.496 e. The zero-order valence-corrected chi connectivity index (χ0v) is 26.8. The van der Waals surface area contributed by atoms with Crippen molar-refractivity contribution >= 4 is 51.7 Å². The number of allylic oxidation sites excluding steroid dienone is 1. The van der Waals surface area contributed by atoms with Crippen molar-refractivity contribution in [2.24, 2.45) is 4.99 Å². The molecule has 3 aromatic carbocycles. The van der Waals surface area contributed by atoms with Gasteiger partial charge in [0.15, 0.2) is 4.80 Å². The van der Waals surface area contributed by atoms with Crippen molar-refractivity contribution in [1.82, 2.24) is 4.57 Å². The number of methoxy groups -OCH3 is 1. The number of hydrogen-bond donors (Lipinski definition) is 1. The molecule has 9 nitrogen and oxygen atoms in total. The molecule has 1 atom stereocenters. The molecule has 0 unspecified atom stereocenters. The number of fused-ring (bicyclic) bond motifs is 2. The lowest BCUT2D eigenvalue weighted by Gasteiger charge is -2.28. The molecule has 234 valence electrons. The smallest absolute Gasteiger partial charge is 0.338 e. The third-order valence-electron chi connectivity index (χ3n) is 7.70. The molecule has 1 aliphatic rings. The van der Waals surface area contributed by atoms with Crippen molar-refractivity contribution in [3.63, 3.8) is 0 Å². The number of carboxylic acids is 1. The number of rotatable bonds is 9. The lowest BCUT2D eigenvalue weighted by atomic mass is 9.90. The van der Waals surface area contributed by atoms with Gasteiger partial charge in [-0.15, -0.1) is 0 Å². The van der Waals surface area contributed by atoms with Crippen molar-refractivity contribution in [2.75, 3.05) is 13.7 Å². The van der Waals surface area contributed by atoms with Gasteiger partial charge in [-0.1, -0.05) is 72.7 Å². The maximum Gasteiger partial charge on any atom is 0.338 e. The van der Waals surface area contributed by atoms with Gasteiger partial charge >= 0.3 is 11.9 Å². The van der Waals surface area contributed by atoms with Gasteiger partial charge in [0.25, 0.3) is 5.56 Å². The van der Waals surface area contributed by atoms with Crippen LogP contribution in [0.2, 0.25) is 5.02 Å². The zero-order valence-electron chi connectivity index (χ0n) is 25.2. The van der Waals surface area contributed by atoms with Crippen LogP contribution in [0.3, 0.4) is 0 Å². The number of ether oxygens (including phenoxy) is 2. The standard InChI is InChI=1S/C35H29ClN2O7S/c1-4-8-25-30(34(42)44-5-2)31(29-22-10-7-6-9-19(22)12-15-27(29)43-3)38-32(39)28(46-35(38)37-25)18-21-13-16-26(45-21)20-11-14-23(33(40)41)24(36)17-20/h6-7,9-18,31H,4-5,8H2,1-3H3,(H,40,41)/b28-18-/t31-/m1/s1. The van der Waals surface area contributed by atoms with E-state index in [0.717, 1.165) is 17.2 Å². The summed E-state index contributed by atoms with van der Waals surface area (Å²) >= 11 is 7.37. The van der Waals surface area contributed by atoms with E-state index in [1.165, 1.54) is 23.5 Å². The van der Waals surface area contributed by atoms with E-state index < -0.39 is 18.0 Å². The van der Waals surface area contributed by atoms with Crippen LogP contribution in [-0.4, -0.2) is 35.3 Å². The predicted molar refractivity (Wildman–Crippen MR) is 176 cm³/mol. The number of thiazole rings is 1. The molecule has 0 saturated heterocycles. The van der Waals surface area contributed by atoms with Gasteiger partial charge in [0.05, 0.1) is 40.1 Å². The lowest BCUT2D eigenvalue weighted by Crippen LogP contribution is -2.40. The van der Waals surface area contributed by atoms with Crippen LogP contribution in [0, 0.1) is 0 Å². The molecule has 0 bridgehead atoms. The highest BCUT2D eigenvalue weighted by Crippen LogP contribution is 2.41. The molecule has 1 N–H and O–H groups in total. The van der Waals surface area contributed by atoms with Crippen molar-refractivity contribution in [3.8, 4) is 17.1 Å². The number of furan rings is 1. The summed E-state index contributed by atoms with van der Waals surface area (Å²) in [5.74, 6) is -0.282. The number of halogens is 1. The first-order valence-corrected chi connectivity index (χ1v) is 15.9. The predicted octanol–water partition coefficient (Wildman–Crippen LogP) is 6.35. The summed E-state index contributed by atoms with van der Waals surface area (Å²) in [7, 11) is 1.56. The van der Waals surface area contributed by atoms with Crippen molar-refractivity contribution in [2.45, 2.75) is 32.7 Å². The second kappa shape index (κ2) is 12.8. The molecule has 11 heteroatoms. The van der Waals surface area contributed by atoms with Gasteiger partial charge in [-0.3, -0.25) is 9.36 Å². The van der Waals surface area contributed by atoms with E-state index in [9.17, 15) is 19.5 Å². The number of carbonyl (C=O) groups is 2. The van der Waals surface area contributed by atoms with E-state index >= 15 is 0 Å². The molecule has 2 aromatic heterocycles. The summed E-state index contributed by atoms with van der Waals surface area (Å²) in [5.41, 5.74) is 1.76. The van der Waals surface area contributed by atoms with E-state index in [2.05, 4.69) is 0 Å². The minimum Gasteiger partial charge on any atom is -0.496 e. The number of aromatic nitrogens is 1. The quantitative estimate of drug-likeness (QED) is 0.184. The van der Waals surface area contributed by atoms with Crippen molar-refractivity contribution < 1.29 is 28.6 Å². The first kappa shape index (κ1) is 31.1. The molecule has 5 aromatic rings. The fourth-order valence-corrected chi connectivity index (χ4v) is 6.95. The first-order valence-electron chi connectivity index (χ1n) is 14.7. The Morgan fingerprint density at radius 1 is 1.11 bits per heavy atom. The summed E-state index contributed by atoms with van der Waals surface area (Å²) in [5, 5.41) is 11.1. The summed E-state index contributed by atoms with van der Waals surface area (Å²) in [6.07, 6.45) is 2.86. The van der Waals surface area contributed by atoms with Crippen LogP contribution >= 0.6 is 22.9 Å². The van der Waals surface area contributed by atoms with Gasteiger partial charge in [0, 0.05) is 17.2 Å². The maximum atomic E-state index is 14.3. The van der Waals surface area contributed by atoms with Crippen LogP contribution in [-0.2, 0) is 9.53 Å². The third-order valence-corrected chi connectivity index (χ3v) is 9.00. The summed E-state index contributed by atoms with van der Waals surface area (Å²) < 4.78 is 19.3. The number of nitrogens with zero attached hydrogens (tertiary/aromatic N) is 2. The highest BCUT2D eigenvalue weighted by Gasteiger charge is 2.37. The van der Waals surface area contributed by atoms with Gasteiger partial charge in [-0.25, -0.2) is 14.6 Å². The number of carbonyl (C=O) groups excluding carboxylic acids is 1. The van der Waals surface area contributed by atoms with E-state index in [-0.39, 0.29) is 22.8 Å². The molecule has 0 fully saturated rings. The van der Waals surface area contributed by atoms with Crippen LogP contribution in [0.4, 0.5) is 0 Å². The molecular formula is C35H29ClN2O7S. The highest BCUT2D eigenvalue weighted by atomic mass is 35.5. The maximum absolute atomic E-state index is 14.3. The van der Waals surface area contributed by atoms with E-state index in [0.29, 0.717) is 55.4 Å². The van der Waals surface area contributed by atoms with Gasteiger partial charge < -0.3 is 19.0 Å². The number of hydrogen-bond acceptors (Lipinski definition) is 8. The average molecular weight is 657 g/mol. The Bertz CT molecular complexity index is 2230. The van der Waals surface area contributed by atoms with Crippen LogP contribution in [0.25, 0.3) is 28.2 Å². The van der Waals surface area contributed by atoms with Crippen molar-refractivity contribution in [3.05, 3.63) is 120 Å². The Morgan fingerprint density at radius 3 is 2.63 bits per heavy atom. The molecule has 6 rings (SSSR count). The van der Waals surface area contributed by atoms with Gasteiger partial charge in [0.1, 0.15) is 23.3 Å². The van der Waals surface area contributed by atoms with Crippen LogP contribution < -0.4 is 19.6 Å². The summed E-state index contributed by atoms with van der Waals surface area (Å²) in [6.45, 7) is 3.91. The average Bonchev–Trinajstić information content (AvgIpc) is 3.64. The fourth-order valence-electron chi connectivity index (χ4n) is 5.69. The molecule has 46 heavy (non-hydrogen) atoms. The van der Waals surface area contributed by atoms with E-state index in [1.807, 2.05) is 43.3 Å². The topological polar surface area (TPSA) is 120 Å². The minimum atomic E-state index is -1.13. The number of aromatic carboxylic acids is 1. The van der Waals surface area contributed by atoms with E-state index in [4.69, 9.17) is 30.5 Å². The Kier molecular flexibility index (Phi) is 8.66. The molecule has 0 radical (unpaired) electrons. The minimum absolute atomic E-state index is 0.0136. The highest BCUT2D eigenvalue weighted by molar-refractivity contribution is 7.07. The SMILES string of the molecule is CCCC1=C(C(=O)OCC)[C@@H](c2c(OC)ccc3ccccc23)n2c(s/c(=C\c3ccc(-c4ccc(C(=O)O)c(Cl)c4)o3)c2=O)=N1. The van der Waals surface area contributed by atoms with Crippen LogP contribution in [0.1, 0.15) is 54.4 Å². The van der Waals surface area contributed by atoms with Crippen molar-refractivity contribution in [1.29, 1.82) is 0 Å². The molecule has 0 saturated carbocycles. The fraction of sp³-hybridized carbons (Fsp3) is 0.200. The van der Waals surface area contributed by atoms with Gasteiger partial charge in [0.2, 0.25) is 0 Å². The Balaban J connectivity index is 1.56. The number of benzene rings is 3. The Labute approximate surface area is 272 Å². The number of esters is 1. The zero-order chi connectivity index (χ0) is 32.5. The van der Waals surface area contributed by atoms with Crippen LogP contribution in [0.15, 0.2) is 92.2 Å². The molecule has 0 aliphatic carbocycles. The van der Waals surface area contributed by atoms with Gasteiger partial charge in [-0.05, 0) is 54.4 Å². The molecule has 1 aliphatic heterocycles. The molecule has 3 heterocycles. The molecule has 0 amide bonds. The lowest BCUT2D eigenvalue weighted by molar-refractivity contribution is -0.139. The second-order valence-electron chi connectivity index (χ2n) is 10.5. The summed E-state index contributed by atoms with van der Waals surface area (Å²) in [4.78, 5) is 44.6. The number of carboxylic acid groups (broad SMARTS) is 1. The Hall–Kier alpha value is -4.93. The third kappa shape index (κ3) is 5.54. The van der Waals surface area contributed by atoms with E-state index in [1.54, 1.807) is 42.9 Å². The first-order chi connectivity index (χ1) is 22.2.